The van der Waals surface area contributed by atoms with E-state index in [-0.39, 0.29) is 11.9 Å². The van der Waals surface area contributed by atoms with Gasteiger partial charge in [-0.25, -0.2) is 9.97 Å². The molecular weight excluding hydrogens is 476 g/mol. The van der Waals surface area contributed by atoms with Crippen molar-refractivity contribution in [2.45, 2.75) is 31.7 Å². The average Bonchev–Trinajstić information content (AvgIpc) is 3.45. The van der Waals surface area contributed by atoms with Gasteiger partial charge in [-0.05, 0) is 43.2 Å². The van der Waals surface area contributed by atoms with Gasteiger partial charge < -0.3 is 4.90 Å². The Morgan fingerprint density at radius 1 is 0.921 bits per heavy atom. The van der Waals surface area contributed by atoms with E-state index in [1.807, 2.05) is 67.1 Å². The Morgan fingerprint density at radius 3 is 2.32 bits per heavy atom. The van der Waals surface area contributed by atoms with Crippen molar-refractivity contribution in [1.29, 1.82) is 5.26 Å². The highest BCUT2D eigenvalue weighted by atomic mass is 16.2. The number of carbonyl (C=O) groups is 1. The Labute approximate surface area is 221 Å². The first kappa shape index (κ1) is 23.8. The predicted octanol–water partition coefficient (Wildman–Crippen LogP) is 4.43. The molecule has 0 radical (unpaired) electrons. The molecule has 0 bridgehead atoms. The van der Waals surface area contributed by atoms with Crippen molar-refractivity contribution in [1.82, 2.24) is 34.4 Å². The molecule has 2 fully saturated rings. The normalized spacial score (nSPS) is 16.4. The van der Waals surface area contributed by atoms with Crippen LogP contribution < -0.4 is 0 Å². The molecule has 0 N–H and O–H groups in total. The zero-order chi connectivity index (χ0) is 26.1. The third-order valence-corrected chi connectivity index (χ3v) is 7.25. The highest BCUT2D eigenvalue weighted by Gasteiger charge is 2.28. The lowest BCUT2D eigenvalue weighted by atomic mass is 10.0. The number of amides is 1. The van der Waals surface area contributed by atoms with Crippen molar-refractivity contribution < 1.29 is 4.79 Å². The monoisotopic (exact) mass is 504 g/mol. The van der Waals surface area contributed by atoms with Crippen LogP contribution in [0, 0.1) is 17.2 Å². The Balaban J connectivity index is 1.11. The Morgan fingerprint density at radius 2 is 1.63 bits per heavy atom. The van der Waals surface area contributed by atoms with E-state index < -0.39 is 0 Å². The highest BCUT2D eigenvalue weighted by molar-refractivity contribution is 5.97. The molecule has 0 atom stereocenters. The van der Waals surface area contributed by atoms with Crippen molar-refractivity contribution in [3.63, 3.8) is 0 Å². The van der Waals surface area contributed by atoms with Crippen LogP contribution in [0.4, 0.5) is 0 Å². The van der Waals surface area contributed by atoms with Crippen LogP contribution in [0.3, 0.4) is 0 Å². The lowest BCUT2D eigenvalue weighted by Crippen LogP contribution is -2.39. The molecule has 0 unspecified atom stereocenters. The molecule has 1 aliphatic carbocycles. The van der Waals surface area contributed by atoms with E-state index in [0.717, 1.165) is 53.5 Å². The third-order valence-electron chi connectivity index (χ3n) is 7.25. The minimum atomic E-state index is -0.137. The third kappa shape index (κ3) is 4.98. The Bertz CT molecular complexity index is 1530. The van der Waals surface area contributed by atoms with E-state index in [4.69, 9.17) is 0 Å². The first-order valence-electron chi connectivity index (χ1n) is 12.9. The molecule has 1 aliphatic heterocycles. The average molecular weight is 505 g/mol. The first-order valence-corrected chi connectivity index (χ1v) is 12.9. The second kappa shape index (κ2) is 10.1. The lowest BCUT2D eigenvalue weighted by molar-refractivity contribution is -0.128. The molecule has 38 heavy (non-hydrogen) atoms. The van der Waals surface area contributed by atoms with E-state index >= 15 is 0 Å². The van der Waals surface area contributed by atoms with E-state index in [0.29, 0.717) is 30.4 Å². The first-order chi connectivity index (χ1) is 18.6. The van der Waals surface area contributed by atoms with Gasteiger partial charge in [0.15, 0.2) is 5.82 Å². The summed E-state index contributed by atoms with van der Waals surface area (Å²) in [7, 11) is 1.90. The van der Waals surface area contributed by atoms with E-state index in [1.54, 1.807) is 9.58 Å². The van der Waals surface area contributed by atoms with Crippen LogP contribution in [0.15, 0.2) is 73.1 Å². The minimum absolute atomic E-state index is 0.137. The van der Waals surface area contributed by atoms with Crippen molar-refractivity contribution in [3.05, 3.63) is 73.1 Å². The van der Waals surface area contributed by atoms with Crippen molar-refractivity contribution >= 4 is 5.91 Å². The quantitative estimate of drug-likeness (QED) is 0.284. The fourth-order valence-electron chi connectivity index (χ4n) is 4.88. The van der Waals surface area contributed by atoms with Crippen LogP contribution >= 0.6 is 0 Å². The number of nitrogens with zero attached hydrogens (tertiary/aromatic N) is 8. The summed E-state index contributed by atoms with van der Waals surface area (Å²) in [5, 5.41) is 18.2. The van der Waals surface area contributed by atoms with Gasteiger partial charge in [-0.3, -0.25) is 14.2 Å². The molecule has 0 spiro atoms. The summed E-state index contributed by atoms with van der Waals surface area (Å²) in [4.78, 5) is 23.8. The largest absolute Gasteiger partial charge is 0.338 e. The molecule has 2 aliphatic rings. The van der Waals surface area contributed by atoms with Crippen molar-refractivity contribution in [3.8, 4) is 39.7 Å². The summed E-state index contributed by atoms with van der Waals surface area (Å²) in [5.41, 5.74) is 5.22. The second-order valence-electron chi connectivity index (χ2n) is 10.0. The fourth-order valence-corrected chi connectivity index (χ4v) is 4.88. The van der Waals surface area contributed by atoms with Gasteiger partial charge in [-0.15, -0.1) is 0 Å². The van der Waals surface area contributed by atoms with Gasteiger partial charge in [0.25, 0.3) is 5.91 Å². The molecule has 190 valence electrons. The maximum Gasteiger partial charge on any atom is 0.264 e. The van der Waals surface area contributed by atoms with Crippen molar-refractivity contribution in [2.75, 3.05) is 13.1 Å². The maximum atomic E-state index is 12.7. The highest BCUT2D eigenvalue weighted by Crippen LogP contribution is 2.32. The van der Waals surface area contributed by atoms with Crippen LogP contribution in [0.1, 0.15) is 31.7 Å². The lowest BCUT2D eigenvalue weighted by Gasteiger charge is -2.32. The van der Waals surface area contributed by atoms with Gasteiger partial charge in [0.05, 0.1) is 18.4 Å². The van der Waals surface area contributed by atoms with Gasteiger partial charge in [-0.1, -0.05) is 24.3 Å². The molecular formula is C29H28N8O. The van der Waals surface area contributed by atoms with E-state index in [2.05, 4.69) is 38.4 Å². The number of rotatable bonds is 6. The van der Waals surface area contributed by atoms with E-state index in [1.165, 1.54) is 0 Å². The SMILES string of the molecule is Cn1cc(-c2cccc(-c3ncc(-c4cnn(C5CCN(C(=O)/C(C#N)=C/C6CC6)CC5)c4)cn3)c2)cn1. The summed E-state index contributed by atoms with van der Waals surface area (Å²) in [6, 6.07) is 10.4. The number of likely N-dealkylation sites (tertiary alicyclic amines) is 1. The summed E-state index contributed by atoms with van der Waals surface area (Å²) in [6.45, 7) is 1.25. The number of aromatic nitrogens is 6. The number of piperidine rings is 1. The van der Waals surface area contributed by atoms with Gasteiger partial charge >= 0.3 is 0 Å². The molecule has 1 saturated heterocycles. The van der Waals surface area contributed by atoms with Gasteiger partial charge in [0, 0.05) is 67.2 Å². The van der Waals surface area contributed by atoms with Crippen LogP contribution in [0.5, 0.6) is 0 Å². The summed E-state index contributed by atoms with van der Waals surface area (Å²) >= 11 is 0. The molecule has 1 saturated carbocycles. The van der Waals surface area contributed by atoms with Crippen LogP contribution in [0.25, 0.3) is 33.6 Å². The van der Waals surface area contributed by atoms with E-state index in [9.17, 15) is 10.1 Å². The van der Waals surface area contributed by atoms with Gasteiger partial charge in [0.2, 0.25) is 0 Å². The Hall–Kier alpha value is -4.58. The number of carbonyl (C=O) groups excluding carboxylic acids is 1. The molecule has 4 heterocycles. The number of allylic oxidation sites excluding steroid dienone is 1. The number of benzene rings is 1. The number of hydrogen-bond donors (Lipinski definition) is 0. The zero-order valence-electron chi connectivity index (χ0n) is 21.2. The van der Waals surface area contributed by atoms with Crippen LogP contribution in [-0.4, -0.2) is 53.4 Å². The summed E-state index contributed by atoms with van der Waals surface area (Å²) < 4.78 is 3.77. The number of aryl methyl sites for hydroxylation is 1. The van der Waals surface area contributed by atoms with Crippen LogP contribution in [0.2, 0.25) is 0 Å². The second-order valence-corrected chi connectivity index (χ2v) is 10.0. The van der Waals surface area contributed by atoms with Crippen molar-refractivity contribution in [2.24, 2.45) is 13.0 Å². The molecule has 4 aromatic rings. The zero-order valence-corrected chi connectivity index (χ0v) is 21.2. The molecule has 1 aromatic carbocycles. The van der Waals surface area contributed by atoms with Gasteiger partial charge in [-0.2, -0.15) is 15.5 Å². The summed E-state index contributed by atoms with van der Waals surface area (Å²) in [6.07, 6.45) is 17.0. The molecule has 3 aromatic heterocycles. The Kier molecular flexibility index (Phi) is 6.30. The number of nitriles is 1. The smallest absolute Gasteiger partial charge is 0.264 e. The molecule has 1 amide bonds. The molecule has 6 rings (SSSR count). The number of hydrogen-bond acceptors (Lipinski definition) is 6. The standard InChI is InChI=1S/C29H28N8O/c1-35-18-25(16-33-35)21-3-2-4-22(12-21)28-31-14-24(15-32-28)26-17-34-37(19-26)27-7-9-36(10-8-27)29(38)23(13-30)11-20-5-6-20/h2-4,11-12,14-20,27H,5-10H2,1H3/b23-11+. The molecule has 9 nitrogen and oxygen atoms in total. The minimum Gasteiger partial charge on any atom is -0.338 e. The predicted molar refractivity (Wildman–Crippen MR) is 142 cm³/mol. The molecule has 9 heteroatoms. The fraction of sp³-hybridized carbons (Fsp3) is 0.310. The summed E-state index contributed by atoms with van der Waals surface area (Å²) in [5.74, 6) is 0.933. The topological polar surface area (TPSA) is 106 Å². The van der Waals surface area contributed by atoms with Crippen LogP contribution in [-0.2, 0) is 11.8 Å². The van der Waals surface area contributed by atoms with Gasteiger partial charge in [0.1, 0.15) is 11.6 Å². The maximum absolute atomic E-state index is 12.7.